The van der Waals surface area contributed by atoms with Gasteiger partial charge in [0.2, 0.25) is 0 Å². The predicted molar refractivity (Wildman–Crippen MR) is 67.3 cm³/mol. The fraction of sp³-hybridized carbons (Fsp3) is 0.462. The van der Waals surface area contributed by atoms with Crippen molar-refractivity contribution in [1.82, 2.24) is 4.90 Å². The van der Waals surface area contributed by atoms with Crippen molar-refractivity contribution in [2.24, 2.45) is 0 Å². The highest BCUT2D eigenvalue weighted by Crippen LogP contribution is 2.23. The molecule has 0 aliphatic carbocycles. The summed E-state index contributed by atoms with van der Waals surface area (Å²) < 4.78 is 0. The van der Waals surface area contributed by atoms with E-state index in [9.17, 15) is 0 Å². The smallest absolute Gasteiger partial charge is 0.0638 e. The van der Waals surface area contributed by atoms with Crippen molar-refractivity contribution in [1.29, 1.82) is 5.26 Å². The molecule has 16 heavy (non-hydrogen) atoms. The van der Waals surface area contributed by atoms with Gasteiger partial charge in [0, 0.05) is 17.1 Å². The summed E-state index contributed by atoms with van der Waals surface area (Å²) in [6.45, 7) is 4.18. The lowest BCUT2D eigenvalue weighted by molar-refractivity contribution is 0.199. The second kappa shape index (κ2) is 5.89. The molecule has 0 bridgehead atoms. The van der Waals surface area contributed by atoms with Crippen molar-refractivity contribution in [3.05, 3.63) is 34.9 Å². The number of nitriles is 1. The summed E-state index contributed by atoms with van der Waals surface area (Å²) in [5, 5.41) is 9.44. The zero-order valence-corrected chi connectivity index (χ0v) is 10.7. The lowest BCUT2D eigenvalue weighted by Crippen LogP contribution is -2.31. The van der Waals surface area contributed by atoms with Gasteiger partial charge in [0.05, 0.1) is 12.5 Å². The number of benzene rings is 1. The highest BCUT2D eigenvalue weighted by atomic mass is 35.5. The highest BCUT2D eigenvalue weighted by molar-refractivity contribution is 6.30. The van der Waals surface area contributed by atoms with E-state index in [1.165, 1.54) is 5.56 Å². The van der Waals surface area contributed by atoms with Gasteiger partial charge >= 0.3 is 0 Å². The van der Waals surface area contributed by atoms with E-state index in [-0.39, 0.29) is 12.1 Å². The van der Waals surface area contributed by atoms with Gasteiger partial charge in [0.15, 0.2) is 0 Å². The number of hydrogen-bond acceptors (Lipinski definition) is 2. The molecule has 86 valence electrons. The van der Waals surface area contributed by atoms with Gasteiger partial charge < -0.3 is 0 Å². The minimum Gasteiger partial charge on any atom is -0.296 e. The largest absolute Gasteiger partial charge is 0.296 e. The zero-order valence-electron chi connectivity index (χ0n) is 9.94. The van der Waals surface area contributed by atoms with Crippen LogP contribution < -0.4 is 0 Å². The molecule has 0 saturated heterocycles. The fourth-order valence-electron chi connectivity index (χ4n) is 1.66. The molecule has 0 aliphatic rings. The van der Waals surface area contributed by atoms with E-state index in [1.54, 1.807) is 0 Å². The molecule has 1 aromatic rings. The maximum Gasteiger partial charge on any atom is 0.0638 e. The Hall–Kier alpha value is -1.04. The van der Waals surface area contributed by atoms with Crippen molar-refractivity contribution in [2.45, 2.75) is 32.4 Å². The first-order valence-electron chi connectivity index (χ1n) is 5.40. The molecule has 0 spiro atoms. The maximum atomic E-state index is 8.68. The molecule has 0 fully saturated rings. The molecular formula is C13H17ClN2. The molecule has 0 N–H and O–H groups in total. The fourth-order valence-corrected chi connectivity index (χ4v) is 1.86. The minimum absolute atomic E-state index is 0.249. The first-order chi connectivity index (χ1) is 7.56. The van der Waals surface area contributed by atoms with Crippen LogP contribution in [0.5, 0.6) is 0 Å². The third-order valence-corrected chi connectivity index (χ3v) is 3.26. The molecule has 1 rings (SSSR count). The number of hydrogen-bond donors (Lipinski definition) is 0. The Morgan fingerprint density at radius 2 is 2.12 bits per heavy atom. The Balaban J connectivity index is 2.78. The first kappa shape index (κ1) is 13.0. The van der Waals surface area contributed by atoms with E-state index < -0.39 is 0 Å². The van der Waals surface area contributed by atoms with E-state index >= 15 is 0 Å². The average molecular weight is 237 g/mol. The highest BCUT2D eigenvalue weighted by Gasteiger charge is 2.17. The van der Waals surface area contributed by atoms with Gasteiger partial charge in [-0.1, -0.05) is 23.7 Å². The van der Waals surface area contributed by atoms with Gasteiger partial charge in [-0.25, -0.2) is 0 Å². The second-order valence-corrected chi connectivity index (χ2v) is 4.54. The van der Waals surface area contributed by atoms with E-state index in [2.05, 4.69) is 30.9 Å². The van der Waals surface area contributed by atoms with Crippen LogP contribution in [0.2, 0.25) is 5.02 Å². The molecule has 1 aromatic carbocycles. The van der Waals surface area contributed by atoms with Gasteiger partial charge in [-0.15, -0.1) is 0 Å². The normalized spacial score (nSPS) is 14.5. The Morgan fingerprint density at radius 3 is 2.69 bits per heavy atom. The molecular weight excluding hydrogens is 220 g/mol. The Bertz CT molecular complexity index is 384. The Morgan fingerprint density at radius 1 is 1.44 bits per heavy atom. The molecule has 0 saturated carbocycles. The zero-order chi connectivity index (χ0) is 12.1. The van der Waals surface area contributed by atoms with Crippen LogP contribution >= 0.6 is 11.6 Å². The van der Waals surface area contributed by atoms with E-state index in [4.69, 9.17) is 16.9 Å². The number of rotatable bonds is 4. The molecule has 2 unspecified atom stereocenters. The standard InChI is InChI=1S/C13H17ClN2/c1-10(7-8-15)16(3)11(2)12-5-4-6-13(14)9-12/h4-6,9-11H,7H2,1-3H3. The van der Waals surface area contributed by atoms with Crippen molar-refractivity contribution < 1.29 is 0 Å². The predicted octanol–water partition coefficient (Wildman–Crippen LogP) is 3.63. The van der Waals surface area contributed by atoms with Crippen LogP contribution in [0.1, 0.15) is 31.9 Å². The van der Waals surface area contributed by atoms with E-state index in [1.807, 2.05) is 25.2 Å². The summed E-state index contributed by atoms with van der Waals surface area (Å²) in [4.78, 5) is 2.19. The molecule has 3 heteroatoms. The summed E-state index contributed by atoms with van der Waals surface area (Å²) >= 11 is 5.96. The van der Waals surface area contributed by atoms with Crippen LogP contribution in [0.3, 0.4) is 0 Å². The van der Waals surface area contributed by atoms with Gasteiger partial charge in [-0.3, -0.25) is 4.90 Å². The van der Waals surface area contributed by atoms with Crippen LogP contribution in [0.4, 0.5) is 0 Å². The summed E-state index contributed by atoms with van der Waals surface area (Å²) in [7, 11) is 2.04. The van der Waals surface area contributed by atoms with Crippen LogP contribution in [0.25, 0.3) is 0 Å². The third-order valence-electron chi connectivity index (χ3n) is 3.02. The molecule has 0 aliphatic heterocycles. The second-order valence-electron chi connectivity index (χ2n) is 4.11. The minimum atomic E-state index is 0.249. The van der Waals surface area contributed by atoms with Crippen LogP contribution in [0.15, 0.2) is 24.3 Å². The topological polar surface area (TPSA) is 27.0 Å². The lowest BCUT2D eigenvalue weighted by Gasteiger charge is -2.29. The van der Waals surface area contributed by atoms with E-state index in [0.29, 0.717) is 6.42 Å². The van der Waals surface area contributed by atoms with Gasteiger partial charge in [-0.2, -0.15) is 5.26 Å². The average Bonchev–Trinajstić information content (AvgIpc) is 2.27. The molecule has 0 heterocycles. The quantitative estimate of drug-likeness (QED) is 0.798. The summed E-state index contributed by atoms with van der Waals surface area (Å²) in [6.07, 6.45) is 0.543. The third kappa shape index (κ3) is 3.23. The van der Waals surface area contributed by atoms with Crippen molar-refractivity contribution in [3.8, 4) is 6.07 Å². The Labute approximate surface area is 102 Å². The van der Waals surface area contributed by atoms with Gasteiger partial charge in [-0.05, 0) is 38.6 Å². The maximum absolute atomic E-state index is 8.68. The van der Waals surface area contributed by atoms with Crippen molar-refractivity contribution in [3.63, 3.8) is 0 Å². The lowest BCUT2D eigenvalue weighted by atomic mass is 10.1. The number of nitrogens with zero attached hydrogens (tertiary/aromatic N) is 2. The van der Waals surface area contributed by atoms with Gasteiger partial charge in [0.25, 0.3) is 0 Å². The summed E-state index contributed by atoms with van der Waals surface area (Å²) in [6, 6.07) is 10.6. The van der Waals surface area contributed by atoms with Crippen LogP contribution in [0, 0.1) is 11.3 Å². The molecule has 2 atom stereocenters. The molecule has 0 aromatic heterocycles. The molecule has 0 radical (unpaired) electrons. The Kier molecular flexibility index (Phi) is 4.79. The molecule has 2 nitrogen and oxygen atoms in total. The van der Waals surface area contributed by atoms with Gasteiger partial charge in [0.1, 0.15) is 0 Å². The van der Waals surface area contributed by atoms with Crippen molar-refractivity contribution in [2.75, 3.05) is 7.05 Å². The number of halogens is 1. The summed E-state index contributed by atoms with van der Waals surface area (Å²) in [5.74, 6) is 0. The monoisotopic (exact) mass is 236 g/mol. The first-order valence-corrected chi connectivity index (χ1v) is 5.78. The molecule has 0 amide bonds. The van der Waals surface area contributed by atoms with Crippen LogP contribution in [-0.4, -0.2) is 18.0 Å². The van der Waals surface area contributed by atoms with E-state index in [0.717, 1.165) is 5.02 Å². The SMILES string of the molecule is CC(CC#N)N(C)C(C)c1cccc(Cl)c1. The van der Waals surface area contributed by atoms with Crippen molar-refractivity contribution >= 4 is 11.6 Å². The summed E-state index contributed by atoms with van der Waals surface area (Å²) in [5.41, 5.74) is 1.18. The van der Waals surface area contributed by atoms with Crippen LogP contribution in [-0.2, 0) is 0 Å².